The molecule has 2 aromatic carbocycles. The van der Waals surface area contributed by atoms with Gasteiger partial charge in [0.15, 0.2) is 0 Å². The minimum Gasteiger partial charge on any atom is -0.352 e. The summed E-state index contributed by atoms with van der Waals surface area (Å²) in [6, 6.07) is 12.3. The van der Waals surface area contributed by atoms with Crippen molar-refractivity contribution in [2.24, 2.45) is 0 Å². The van der Waals surface area contributed by atoms with Crippen LogP contribution in [-0.2, 0) is 6.42 Å². The van der Waals surface area contributed by atoms with Crippen molar-refractivity contribution >= 4 is 5.91 Å². The van der Waals surface area contributed by atoms with Crippen LogP contribution in [0, 0.1) is 18.6 Å². The summed E-state index contributed by atoms with van der Waals surface area (Å²) >= 11 is 0. The summed E-state index contributed by atoms with van der Waals surface area (Å²) in [6.07, 6.45) is 2.31. The summed E-state index contributed by atoms with van der Waals surface area (Å²) in [6.45, 7) is 1.96. The fourth-order valence-corrected chi connectivity index (χ4v) is 2.49. The third-order valence-corrected chi connectivity index (χ3v) is 3.91. The van der Waals surface area contributed by atoms with Gasteiger partial charge >= 0.3 is 0 Å². The van der Waals surface area contributed by atoms with E-state index >= 15 is 0 Å². The fraction of sp³-hybridized carbons (Fsp3) is 0.158. The van der Waals surface area contributed by atoms with Gasteiger partial charge in [-0.1, -0.05) is 6.07 Å². The lowest BCUT2D eigenvalue weighted by atomic mass is 10.1. The molecule has 25 heavy (non-hydrogen) atoms. The maximum absolute atomic E-state index is 13.5. The standard InChI is InChI=1S/C19H17F2N3O/c1-13-17(3-2-4-18(13)21)19(25)22-11-9-15-10-12-24(23-15)16-7-5-14(20)6-8-16/h2-8,10,12H,9,11H2,1H3,(H,22,25). The molecule has 0 atom stereocenters. The van der Waals surface area contributed by atoms with Crippen molar-refractivity contribution in [1.82, 2.24) is 15.1 Å². The molecule has 0 aliphatic carbocycles. The van der Waals surface area contributed by atoms with Gasteiger partial charge in [-0.15, -0.1) is 0 Å². The van der Waals surface area contributed by atoms with Crippen LogP contribution in [-0.4, -0.2) is 22.2 Å². The Balaban J connectivity index is 1.58. The first-order valence-electron chi connectivity index (χ1n) is 7.88. The van der Waals surface area contributed by atoms with Crippen LogP contribution in [0.4, 0.5) is 8.78 Å². The van der Waals surface area contributed by atoms with Gasteiger partial charge in [-0.25, -0.2) is 13.5 Å². The van der Waals surface area contributed by atoms with E-state index in [2.05, 4.69) is 10.4 Å². The number of hydrogen-bond acceptors (Lipinski definition) is 2. The quantitative estimate of drug-likeness (QED) is 0.773. The van der Waals surface area contributed by atoms with E-state index in [0.29, 0.717) is 24.1 Å². The molecule has 0 aliphatic rings. The summed E-state index contributed by atoms with van der Waals surface area (Å²) in [7, 11) is 0. The van der Waals surface area contributed by atoms with Crippen LogP contribution in [0.15, 0.2) is 54.7 Å². The molecule has 1 aromatic heterocycles. The lowest BCUT2D eigenvalue weighted by molar-refractivity contribution is 0.0953. The molecule has 1 N–H and O–H groups in total. The normalized spacial score (nSPS) is 10.7. The highest BCUT2D eigenvalue weighted by Crippen LogP contribution is 2.12. The zero-order chi connectivity index (χ0) is 17.8. The maximum Gasteiger partial charge on any atom is 0.251 e. The highest BCUT2D eigenvalue weighted by atomic mass is 19.1. The predicted molar refractivity (Wildman–Crippen MR) is 90.7 cm³/mol. The second-order valence-electron chi connectivity index (χ2n) is 5.65. The van der Waals surface area contributed by atoms with Crippen LogP contribution in [0.25, 0.3) is 5.69 Å². The lowest BCUT2D eigenvalue weighted by Crippen LogP contribution is -2.26. The molecule has 128 valence electrons. The molecule has 1 amide bonds. The van der Waals surface area contributed by atoms with E-state index in [-0.39, 0.29) is 11.7 Å². The summed E-state index contributed by atoms with van der Waals surface area (Å²) in [5.74, 6) is -1.01. The number of benzene rings is 2. The molecule has 0 fully saturated rings. The number of rotatable bonds is 5. The molecule has 1 heterocycles. The first kappa shape index (κ1) is 16.8. The monoisotopic (exact) mass is 341 g/mol. The van der Waals surface area contributed by atoms with Crippen molar-refractivity contribution in [1.29, 1.82) is 0 Å². The van der Waals surface area contributed by atoms with Gasteiger partial charge in [0.2, 0.25) is 0 Å². The van der Waals surface area contributed by atoms with Gasteiger partial charge in [-0.3, -0.25) is 4.79 Å². The zero-order valence-electron chi connectivity index (χ0n) is 13.7. The van der Waals surface area contributed by atoms with Crippen molar-refractivity contribution in [3.05, 3.63) is 83.2 Å². The Morgan fingerprint density at radius 3 is 2.64 bits per heavy atom. The van der Waals surface area contributed by atoms with E-state index in [1.807, 2.05) is 6.07 Å². The van der Waals surface area contributed by atoms with E-state index in [0.717, 1.165) is 11.4 Å². The first-order valence-corrected chi connectivity index (χ1v) is 7.88. The third-order valence-electron chi connectivity index (χ3n) is 3.91. The van der Waals surface area contributed by atoms with E-state index in [9.17, 15) is 13.6 Å². The lowest BCUT2D eigenvalue weighted by Gasteiger charge is -2.07. The molecular formula is C19H17F2N3O. The van der Waals surface area contributed by atoms with Gasteiger partial charge in [0.1, 0.15) is 11.6 Å². The van der Waals surface area contributed by atoms with Gasteiger partial charge in [0.25, 0.3) is 5.91 Å². The van der Waals surface area contributed by atoms with Gasteiger partial charge in [-0.2, -0.15) is 5.10 Å². The minimum atomic E-state index is -0.398. The maximum atomic E-state index is 13.5. The SMILES string of the molecule is Cc1c(F)cccc1C(=O)NCCc1ccn(-c2ccc(F)cc2)n1. The van der Waals surface area contributed by atoms with Crippen molar-refractivity contribution < 1.29 is 13.6 Å². The minimum absolute atomic E-state index is 0.300. The van der Waals surface area contributed by atoms with Gasteiger partial charge in [0.05, 0.1) is 11.4 Å². The van der Waals surface area contributed by atoms with Crippen molar-refractivity contribution in [2.75, 3.05) is 6.54 Å². The number of carbonyl (C=O) groups is 1. The summed E-state index contributed by atoms with van der Waals surface area (Å²) in [5.41, 5.74) is 2.21. The Bertz CT molecular complexity index is 888. The van der Waals surface area contributed by atoms with Crippen molar-refractivity contribution in [3.8, 4) is 5.69 Å². The van der Waals surface area contributed by atoms with Crippen LogP contribution >= 0.6 is 0 Å². The van der Waals surface area contributed by atoms with Gasteiger partial charge in [0, 0.05) is 24.7 Å². The molecule has 3 rings (SSSR count). The van der Waals surface area contributed by atoms with Gasteiger partial charge < -0.3 is 5.32 Å². The molecule has 0 saturated carbocycles. The molecule has 3 aromatic rings. The van der Waals surface area contributed by atoms with Crippen LogP contribution in [0.1, 0.15) is 21.6 Å². The topological polar surface area (TPSA) is 46.9 Å². The highest BCUT2D eigenvalue weighted by Gasteiger charge is 2.11. The summed E-state index contributed by atoms with van der Waals surface area (Å²) < 4.78 is 28.1. The summed E-state index contributed by atoms with van der Waals surface area (Å²) in [5, 5.41) is 7.16. The molecule has 0 aliphatic heterocycles. The Morgan fingerprint density at radius 1 is 1.12 bits per heavy atom. The zero-order valence-corrected chi connectivity index (χ0v) is 13.7. The molecule has 0 spiro atoms. The van der Waals surface area contributed by atoms with Crippen molar-refractivity contribution in [2.45, 2.75) is 13.3 Å². The van der Waals surface area contributed by atoms with Crippen molar-refractivity contribution in [3.63, 3.8) is 0 Å². The largest absolute Gasteiger partial charge is 0.352 e. The number of amides is 1. The molecule has 0 radical (unpaired) electrons. The van der Waals surface area contributed by atoms with E-state index in [1.54, 1.807) is 36.0 Å². The predicted octanol–water partition coefficient (Wildman–Crippen LogP) is 3.43. The van der Waals surface area contributed by atoms with E-state index in [1.165, 1.54) is 24.3 Å². The van der Waals surface area contributed by atoms with Gasteiger partial charge in [-0.05, 0) is 55.0 Å². The average molecular weight is 341 g/mol. The number of aromatic nitrogens is 2. The second kappa shape index (κ2) is 7.25. The Labute approximate surface area is 144 Å². The average Bonchev–Trinajstić information content (AvgIpc) is 3.07. The fourth-order valence-electron chi connectivity index (χ4n) is 2.49. The Kier molecular flexibility index (Phi) is 4.88. The summed E-state index contributed by atoms with van der Waals surface area (Å²) in [4.78, 5) is 12.1. The number of hydrogen-bond donors (Lipinski definition) is 1. The molecule has 6 heteroatoms. The number of halogens is 2. The number of carbonyl (C=O) groups excluding carboxylic acids is 1. The van der Waals surface area contributed by atoms with Crippen LogP contribution in [0.2, 0.25) is 0 Å². The smallest absolute Gasteiger partial charge is 0.251 e. The van der Waals surface area contributed by atoms with E-state index < -0.39 is 5.82 Å². The Hall–Kier alpha value is -3.02. The third kappa shape index (κ3) is 3.91. The number of nitrogens with one attached hydrogen (secondary N) is 1. The molecule has 4 nitrogen and oxygen atoms in total. The van der Waals surface area contributed by atoms with E-state index in [4.69, 9.17) is 0 Å². The molecule has 0 unspecified atom stereocenters. The van der Waals surface area contributed by atoms with Crippen LogP contribution in [0.5, 0.6) is 0 Å². The molecular weight excluding hydrogens is 324 g/mol. The first-order chi connectivity index (χ1) is 12.0. The number of nitrogens with zero attached hydrogens (tertiary/aromatic N) is 2. The molecule has 0 bridgehead atoms. The second-order valence-corrected chi connectivity index (χ2v) is 5.65. The Morgan fingerprint density at radius 2 is 1.88 bits per heavy atom. The highest BCUT2D eigenvalue weighted by molar-refractivity contribution is 5.95. The molecule has 0 saturated heterocycles. The van der Waals surface area contributed by atoms with Crippen LogP contribution in [0.3, 0.4) is 0 Å². The van der Waals surface area contributed by atoms with Crippen LogP contribution < -0.4 is 5.32 Å².